The Morgan fingerprint density at radius 2 is 1.84 bits per heavy atom. The zero-order valence-electron chi connectivity index (χ0n) is 17.8. The van der Waals surface area contributed by atoms with Gasteiger partial charge in [-0.25, -0.2) is 9.78 Å². The number of halogens is 3. The van der Waals surface area contributed by atoms with Crippen molar-refractivity contribution in [2.24, 2.45) is 5.92 Å². The van der Waals surface area contributed by atoms with Crippen LogP contribution < -0.4 is 0 Å². The zero-order chi connectivity index (χ0) is 22.6. The molecule has 1 aliphatic rings. The van der Waals surface area contributed by atoms with Crippen molar-refractivity contribution in [1.29, 1.82) is 0 Å². The second kappa shape index (κ2) is 9.40. The molecule has 2 heterocycles. The predicted octanol–water partition coefficient (Wildman–Crippen LogP) is 4.93. The van der Waals surface area contributed by atoms with Crippen molar-refractivity contribution in [1.82, 2.24) is 4.98 Å². The molecular formula is C22H26F3NO5. The van der Waals surface area contributed by atoms with E-state index in [9.17, 15) is 18.0 Å². The predicted molar refractivity (Wildman–Crippen MR) is 105 cm³/mol. The monoisotopic (exact) mass is 441 g/mol. The number of aromatic nitrogens is 1. The number of aryl methyl sites for hydroxylation is 2. The minimum absolute atomic E-state index is 0.0292. The first-order valence-corrected chi connectivity index (χ1v) is 10.1. The van der Waals surface area contributed by atoms with E-state index in [1.165, 1.54) is 14.0 Å². The number of alkyl halides is 3. The van der Waals surface area contributed by atoms with E-state index in [2.05, 4.69) is 9.72 Å². The molecule has 0 spiro atoms. The summed E-state index contributed by atoms with van der Waals surface area (Å²) in [6.45, 7) is 4.04. The maximum Gasteiger partial charge on any atom is 0.451 e. The molecule has 1 saturated heterocycles. The fourth-order valence-corrected chi connectivity index (χ4v) is 3.40. The first-order valence-electron chi connectivity index (χ1n) is 10.1. The molecule has 3 rings (SSSR count). The normalized spacial score (nSPS) is 21.8. The highest BCUT2D eigenvalue weighted by Crippen LogP contribution is 2.36. The molecule has 0 bridgehead atoms. The molecule has 31 heavy (non-hydrogen) atoms. The third-order valence-corrected chi connectivity index (χ3v) is 5.27. The topological polar surface area (TPSA) is 70.8 Å². The summed E-state index contributed by atoms with van der Waals surface area (Å²) in [5.74, 6) is -3.01. The van der Waals surface area contributed by atoms with E-state index >= 15 is 0 Å². The van der Waals surface area contributed by atoms with E-state index in [0.717, 1.165) is 5.56 Å². The molecule has 0 N–H and O–H groups in total. The quantitative estimate of drug-likeness (QED) is 0.448. The average Bonchev–Trinajstić information content (AvgIpc) is 3.17. The van der Waals surface area contributed by atoms with Gasteiger partial charge >= 0.3 is 12.1 Å². The van der Waals surface area contributed by atoms with Crippen LogP contribution in [0, 0.1) is 12.8 Å². The Bertz CT molecular complexity index is 884. The number of hydrogen-bond acceptors (Lipinski definition) is 6. The van der Waals surface area contributed by atoms with Gasteiger partial charge in [-0.3, -0.25) is 0 Å². The fourth-order valence-electron chi connectivity index (χ4n) is 3.40. The first-order chi connectivity index (χ1) is 14.6. The van der Waals surface area contributed by atoms with Crippen molar-refractivity contribution >= 4 is 5.97 Å². The summed E-state index contributed by atoms with van der Waals surface area (Å²) in [6, 6.07) is 6.98. The van der Waals surface area contributed by atoms with Crippen LogP contribution in [0.25, 0.3) is 11.5 Å². The number of benzene rings is 1. The van der Waals surface area contributed by atoms with Crippen molar-refractivity contribution < 1.29 is 36.6 Å². The van der Waals surface area contributed by atoms with Crippen LogP contribution >= 0.6 is 0 Å². The van der Waals surface area contributed by atoms with Crippen LogP contribution in [-0.4, -0.2) is 37.1 Å². The molecule has 0 radical (unpaired) electrons. The number of unbranched alkanes of at least 4 members (excludes halogenated alkanes) is 1. The average molecular weight is 441 g/mol. The van der Waals surface area contributed by atoms with Crippen LogP contribution in [-0.2, 0) is 31.6 Å². The highest BCUT2D eigenvalue weighted by atomic mass is 19.4. The van der Waals surface area contributed by atoms with Crippen molar-refractivity contribution in [3.8, 4) is 11.5 Å². The highest BCUT2D eigenvalue weighted by molar-refractivity contribution is 5.77. The number of ether oxygens (including phenoxy) is 3. The Morgan fingerprint density at radius 1 is 1.19 bits per heavy atom. The number of esters is 1. The number of rotatable bonds is 7. The molecular weight excluding hydrogens is 415 g/mol. The van der Waals surface area contributed by atoms with Gasteiger partial charge in [0.25, 0.3) is 5.79 Å². The SMILES string of the molecule is COC(=O)[C@]1(C)OC[C@H](CCCCc2nc(-c3ccc(C)cc3)oc2C(F)(F)F)CO1. The first kappa shape index (κ1) is 23.3. The summed E-state index contributed by atoms with van der Waals surface area (Å²) < 4.78 is 61.0. The molecule has 0 amide bonds. The number of oxazole rings is 1. The minimum atomic E-state index is -4.60. The van der Waals surface area contributed by atoms with E-state index in [-0.39, 0.29) is 23.9 Å². The van der Waals surface area contributed by atoms with Crippen LogP contribution in [0.3, 0.4) is 0 Å². The van der Waals surface area contributed by atoms with Crippen molar-refractivity contribution in [2.75, 3.05) is 20.3 Å². The fraction of sp³-hybridized carbons (Fsp3) is 0.545. The van der Waals surface area contributed by atoms with E-state index in [4.69, 9.17) is 13.9 Å². The largest absolute Gasteiger partial charge is 0.465 e. The summed E-state index contributed by atoms with van der Waals surface area (Å²) in [5, 5.41) is 0. The highest BCUT2D eigenvalue weighted by Gasteiger charge is 2.41. The second-order valence-electron chi connectivity index (χ2n) is 7.83. The molecule has 170 valence electrons. The number of carbonyl (C=O) groups is 1. The van der Waals surface area contributed by atoms with Crippen LogP contribution in [0.5, 0.6) is 0 Å². The smallest absolute Gasteiger partial charge is 0.451 e. The van der Waals surface area contributed by atoms with Crippen LogP contribution in [0.4, 0.5) is 13.2 Å². The lowest BCUT2D eigenvalue weighted by Gasteiger charge is -2.35. The molecule has 1 fully saturated rings. The standard InChI is InChI=1S/C22H26F3NO5/c1-14-8-10-16(11-9-14)19-26-17(18(31-19)22(23,24)25)7-5-4-6-15-12-29-21(2,30-13-15)20(27)28-3/h8-11,15H,4-7,12-13H2,1-3H3/t15-,21+. The van der Waals surface area contributed by atoms with E-state index < -0.39 is 23.7 Å². The third kappa shape index (κ3) is 5.65. The summed E-state index contributed by atoms with van der Waals surface area (Å²) in [5.41, 5.74) is 1.42. The van der Waals surface area contributed by atoms with Gasteiger partial charge in [0.2, 0.25) is 11.7 Å². The maximum atomic E-state index is 13.4. The Labute approximate surface area is 178 Å². The Morgan fingerprint density at radius 3 is 2.42 bits per heavy atom. The van der Waals surface area contributed by atoms with E-state index in [1.54, 1.807) is 24.3 Å². The van der Waals surface area contributed by atoms with Crippen molar-refractivity contribution in [2.45, 2.75) is 51.5 Å². The Kier molecular flexibility index (Phi) is 7.06. The van der Waals surface area contributed by atoms with Gasteiger partial charge in [-0.1, -0.05) is 24.1 Å². The van der Waals surface area contributed by atoms with E-state index in [0.29, 0.717) is 38.0 Å². The maximum absolute atomic E-state index is 13.4. The molecule has 1 aromatic carbocycles. The van der Waals surface area contributed by atoms with Gasteiger partial charge in [-0.15, -0.1) is 0 Å². The van der Waals surface area contributed by atoms with Crippen LogP contribution in [0.15, 0.2) is 28.7 Å². The lowest BCUT2D eigenvalue weighted by atomic mass is 10.0. The third-order valence-electron chi connectivity index (χ3n) is 5.27. The summed E-state index contributed by atoms with van der Waals surface area (Å²) >= 11 is 0. The molecule has 9 heteroatoms. The summed E-state index contributed by atoms with van der Waals surface area (Å²) in [4.78, 5) is 15.8. The number of methoxy groups -OCH3 is 1. The minimum Gasteiger partial charge on any atom is -0.465 e. The van der Waals surface area contributed by atoms with Gasteiger partial charge in [0.1, 0.15) is 0 Å². The van der Waals surface area contributed by atoms with Gasteiger partial charge in [0.15, 0.2) is 0 Å². The van der Waals surface area contributed by atoms with Gasteiger partial charge < -0.3 is 18.6 Å². The van der Waals surface area contributed by atoms with Gasteiger partial charge in [-0.2, -0.15) is 13.2 Å². The number of hydrogen-bond donors (Lipinski definition) is 0. The lowest BCUT2D eigenvalue weighted by molar-refractivity contribution is -0.272. The molecule has 0 saturated carbocycles. The second-order valence-corrected chi connectivity index (χ2v) is 7.83. The van der Waals surface area contributed by atoms with Gasteiger partial charge in [0, 0.05) is 18.4 Å². The molecule has 0 atom stereocenters. The zero-order valence-corrected chi connectivity index (χ0v) is 17.8. The molecule has 0 aliphatic carbocycles. The molecule has 0 unspecified atom stereocenters. The van der Waals surface area contributed by atoms with Crippen LogP contribution in [0.2, 0.25) is 0 Å². The Hall–Kier alpha value is -2.39. The molecule has 1 aromatic heterocycles. The molecule has 2 aromatic rings. The molecule has 6 nitrogen and oxygen atoms in total. The number of nitrogens with zero attached hydrogens (tertiary/aromatic N) is 1. The van der Waals surface area contributed by atoms with Crippen LogP contribution in [0.1, 0.15) is 43.2 Å². The van der Waals surface area contributed by atoms with Gasteiger partial charge in [-0.05, 0) is 38.3 Å². The number of carbonyl (C=O) groups excluding carboxylic acids is 1. The summed E-state index contributed by atoms with van der Waals surface area (Å²) in [7, 11) is 1.26. The van der Waals surface area contributed by atoms with Gasteiger partial charge in [0.05, 0.1) is 26.0 Å². The van der Waals surface area contributed by atoms with Crippen molar-refractivity contribution in [3.63, 3.8) is 0 Å². The lowest BCUT2D eigenvalue weighted by Crippen LogP contribution is -2.48. The Balaban J connectivity index is 1.56. The van der Waals surface area contributed by atoms with Crippen molar-refractivity contribution in [3.05, 3.63) is 41.3 Å². The molecule has 1 aliphatic heterocycles. The summed E-state index contributed by atoms with van der Waals surface area (Å²) in [6.07, 6.45) is -2.58. The van der Waals surface area contributed by atoms with E-state index in [1.807, 2.05) is 6.92 Å².